The summed E-state index contributed by atoms with van der Waals surface area (Å²) >= 11 is -5.92. The standard InChI is InChI=1S/H2O5S2.Zn/c1-6(2)5-7(3)4;/h(H,1,2)(H,3,4);/q;+2/p-2. The van der Waals surface area contributed by atoms with Crippen LogP contribution in [0.15, 0.2) is 0 Å². The molecule has 0 rings (SSSR count). The zero-order chi connectivity index (χ0) is 5.86. The predicted molar refractivity (Wildman–Crippen MR) is 18.9 cm³/mol. The van der Waals surface area contributed by atoms with Crippen LogP contribution in [0.1, 0.15) is 0 Å². The maximum absolute atomic E-state index is 9.19. The molecule has 8 heavy (non-hydrogen) atoms. The van der Waals surface area contributed by atoms with Crippen molar-refractivity contribution in [3.05, 3.63) is 0 Å². The summed E-state index contributed by atoms with van der Waals surface area (Å²) in [5.74, 6) is 0. The van der Waals surface area contributed by atoms with Gasteiger partial charge in [-0.3, -0.25) is 0 Å². The van der Waals surface area contributed by atoms with Gasteiger partial charge in [0.2, 0.25) is 0 Å². The molecule has 5 nitrogen and oxygen atoms in total. The van der Waals surface area contributed by atoms with Gasteiger partial charge >= 0.3 is 19.5 Å². The van der Waals surface area contributed by atoms with E-state index in [1.807, 2.05) is 0 Å². The molecule has 0 aromatic heterocycles. The maximum atomic E-state index is 9.19. The number of rotatable bonds is 2. The van der Waals surface area contributed by atoms with Gasteiger partial charge in [-0.25, -0.2) is 12.0 Å². The first-order valence-corrected chi connectivity index (χ1v) is 3.00. The Hall–Kier alpha value is 0.803. The van der Waals surface area contributed by atoms with Crippen molar-refractivity contribution < 1.29 is 40.6 Å². The minimum Gasteiger partial charge on any atom is -0.749 e. The molecular formula is O5S2Zn. The van der Waals surface area contributed by atoms with E-state index in [-0.39, 0.29) is 19.5 Å². The summed E-state index contributed by atoms with van der Waals surface area (Å²) in [6, 6.07) is 0. The molecule has 0 atom stereocenters. The summed E-state index contributed by atoms with van der Waals surface area (Å²) in [7, 11) is 0. The van der Waals surface area contributed by atoms with Crippen LogP contribution in [0.4, 0.5) is 0 Å². The third-order valence-corrected chi connectivity index (χ3v) is 1.00. The van der Waals surface area contributed by atoms with Crippen molar-refractivity contribution >= 4 is 22.7 Å². The molecule has 0 spiro atoms. The summed E-state index contributed by atoms with van der Waals surface area (Å²) < 4.78 is 39.9. The fraction of sp³-hybridized carbons (Fsp3) is 0. The van der Waals surface area contributed by atoms with Crippen LogP contribution in [0.5, 0.6) is 0 Å². The van der Waals surface area contributed by atoms with Crippen molar-refractivity contribution in [1.29, 1.82) is 0 Å². The Kier molecular flexibility index (Phi) is 8.59. The quantitative estimate of drug-likeness (QED) is 0.412. The first-order chi connectivity index (χ1) is 3.13. The Morgan fingerprint density at radius 1 is 1.12 bits per heavy atom. The SMILES string of the molecule is O=S([O-])OS(=O)[O-].[Zn+2]. The van der Waals surface area contributed by atoms with E-state index in [1.54, 1.807) is 0 Å². The second kappa shape index (κ2) is 5.93. The van der Waals surface area contributed by atoms with Crippen LogP contribution in [0.25, 0.3) is 0 Å². The second-order valence-electron chi connectivity index (χ2n) is 0.476. The summed E-state index contributed by atoms with van der Waals surface area (Å²) in [6.07, 6.45) is 0. The minimum atomic E-state index is -2.96. The molecule has 0 fully saturated rings. The molecule has 8 heteroatoms. The van der Waals surface area contributed by atoms with Gasteiger partial charge in [-0.1, -0.05) is 0 Å². The first kappa shape index (κ1) is 11.6. The van der Waals surface area contributed by atoms with Gasteiger partial charge in [-0.2, -0.15) is 0 Å². The van der Waals surface area contributed by atoms with E-state index >= 15 is 0 Å². The normalized spacial score (nSPS) is 16.2. The van der Waals surface area contributed by atoms with E-state index in [2.05, 4.69) is 3.63 Å². The van der Waals surface area contributed by atoms with Crippen molar-refractivity contribution in [3.8, 4) is 0 Å². The van der Waals surface area contributed by atoms with Crippen LogP contribution in [0.2, 0.25) is 0 Å². The van der Waals surface area contributed by atoms with Crippen LogP contribution < -0.4 is 0 Å². The molecule has 0 saturated carbocycles. The molecule has 0 bridgehead atoms. The average molecular weight is 210 g/mol. The van der Waals surface area contributed by atoms with E-state index < -0.39 is 22.7 Å². The fourth-order valence-corrected chi connectivity index (χ4v) is 0.408. The van der Waals surface area contributed by atoms with E-state index in [9.17, 15) is 17.5 Å². The Balaban J connectivity index is 0. The van der Waals surface area contributed by atoms with Crippen molar-refractivity contribution in [1.82, 2.24) is 0 Å². The summed E-state index contributed by atoms with van der Waals surface area (Å²) in [5.41, 5.74) is 0. The molecule has 0 unspecified atom stereocenters. The number of hydrogen-bond donors (Lipinski definition) is 0. The topological polar surface area (TPSA) is 89.5 Å². The Labute approximate surface area is 63.5 Å². The minimum absolute atomic E-state index is 0. The largest absolute Gasteiger partial charge is 2.00 e. The Morgan fingerprint density at radius 2 is 1.38 bits per heavy atom. The Morgan fingerprint density at radius 3 is 1.38 bits per heavy atom. The number of hydrogen-bond acceptors (Lipinski definition) is 5. The van der Waals surface area contributed by atoms with Gasteiger partial charge in [-0.15, -0.1) is 0 Å². The molecule has 0 saturated heterocycles. The molecule has 0 aromatic carbocycles. The molecule has 0 aliphatic rings. The van der Waals surface area contributed by atoms with Gasteiger partial charge < -0.3 is 9.11 Å². The van der Waals surface area contributed by atoms with Gasteiger partial charge in [0.1, 0.15) is 0 Å². The maximum Gasteiger partial charge on any atom is 2.00 e. The average Bonchev–Trinajstić information content (AvgIpc) is 1.27. The third kappa shape index (κ3) is 9.93. The summed E-state index contributed by atoms with van der Waals surface area (Å²) in [6.45, 7) is 0. The zero-order valence-electron chi connectivity index (χ0n) is 3.56. The fourth-order valence-electron chi connectivity index (χ4n) is 0.0454. The molecule has 44 valence electrons. The molecular weight excluding hydrogens is 210 g/mol. The van der Waals surface area contributed by atoms with Crippen molar-refractivity contribution in [2.45, 2.75) is 0 Å². The zero-order valence-corrected chi connectivity index (χ0v) is 8.16. The van der Waals surface area contributed by atoms with E-state index in [0.717, 1.165) is 0 Å². The summed E-state index contributed by atoms with van der Waals surface area (Å²) in [5, 5.41) is 0. The van der Waals surface area contributed by atoms with Gasteiger partial charge in [0.05, 0.1) is 22.7 Å². The van der Waals surface area contributed by atoms with Gasteiger partial charge in [0.25, 0.3) is 0 Å². The Bertz CT molecular complexity index is 86.6. The predicted octanol–water partition coefficient (Wildman–Crippen LogP) is -1.41. The third-order valence-electron chi connectivity index (χ3n) is 0.111. The second-order valence-corrected chi connectivity index (χ2v) is 1.84. The summed E-state index contributed by atoms with van der Waals surface area (Å²) in [4.78, 5) is 0. The molecule has 0 N–H and O–H groups in total. The van der Waals surface area contributed by atoms with Crippen molar-refractivity contribution in [2.75, 3.05) is 0 Å². The van der Waals surface area contributed by atoms with Crippen LogP contribution in [-0.4, -0.2) is 17.5 Å². The van der Waals surface area contributed by atoms with Crippen LogP contribution in [-0.2, 0) is 45.8 Å². The van der Waals surface area contributed by atoms with Crippen LogP contribution >= 0.6 is 0 Å². The monoisotopic (exact) mass is 208 g/mol. The van der Waals surface area contributed by atoms with Crippen molar-refractivity contribution in [2.24, 2.45) is 0 Å². The van der Waals surface area contributed by atoms with E-state index in [4.69, 9.17) is 0 Å². The molecule has 0 aliphatic heterocycles. The molecule has 0 aromatic rings. The van der Waals surface area contributed by atoms with Crippen LogP contribution in [0.3, 0.4) is 0 Å². The van der Waals surface area contributed by atoms with Crippen LogP contribution in [0, 0.1) is 0 Å². The molecule has 0 aliphatic carbocycles. The van der Waals surface area contributed by atoms with Gasteiger partial charge in [0, 0.05) is 0 Å². The molecule has 0 radical (unpaired) electrons. The molecule has 0 heterocycles. The van der Waals surface area contributed by atoms with Crippen molar-refractivity contribution in [3.63, 3.8) is 0 Å². The smallest absolute Gasteiger partial charge is 0.749 e. The van der Waals surface area contributed by atoms with Gasteiger partial charge in [0.15, 0.2) is 0 Å². The molecule has 0 amide bonds. The first-order valence-electron chi connectivity index (χ1n) is 1.00. The van der Waals surface area contributed by atoms with E-state index in [1.165, 1.54) is 0 Å². The van der Waals surface area contributed by atoms with E-state index in [0.29, 0.717) is 0 Å². The van der Waals surface area contributed by atoms with Gasteiger partial charge in [-0.05, 0) is 0 Å².